The molecule has 0 aromatic heterocycles. The molecule has 10 heavy (non-hydrogen) atoms. The van der Waals surface area contributed by atoms with Gasteiger partial charge in [-0.2, -0.15) is 10.8 Å². The van der Waals surface area contributed by atoms with Crippen LogP contribution in [0.1, 0.15) is 0 Å². The van der Waals surface area contributed by atoms with Crippen LogP contribution in [0.15, 0.2) is 24.3 Å². The van der Waals surface area contributed by atoms with Crippen LogP contribution in [0.4, 0.5) is 5.69 Å². The van der Waals surface area contributed by atoms with Crippen LogP contribution in [-0.2, 0) is 4.94 Å². The monoisotopic (exact) mass is 158 g/mol. The van der Waals surface area contributed by atoms with Crippen molar-refractivity contribution in [3.8, 4) is 0 Å². The zero-order chi connectivity index (χ0) is 7.40. The van der Waals surface area contributed by atoms with Crippen LogP contribution in [0.2, 0.25) is 5.02 Å². The van der Waals surface area contributed by atoms with E-state index in [0.717, 1.165) is 5.69 Å². The third kappa shape index (κ3) is 1.88. The Balaban J connectivity index is 2.75. The molecule has 0 atom stereocenters. The van der Waals surface area contributed by atoms with Crippen molar-refractivity contribution in [1.29, 1.82) is 0 Å². The Labute approximate surface area is 63.6 Å². The lowest BCUT2D eigenvalue weighted by molar-refractivity contribution is 0.201. The van der Waals surface area contributed by atoms with Gasteiger partial charge in [-0.1, -0.05) is 17.7 Å². The molecule has 0 radical (unpaired) electrons. The zero-order valence-electron chi connectivity index (χ0n) is 5.17. The van der Waals surface area contributed by atoms with Crippen LogP contribution in [0, 0.1) is 0 Å². The molecule has 0 bridgehead atoms. The summed E-state index contributed by atoms with van der Waals surface area (Å²) < 4.78 is 0. The Hall–Kier alpha value is -0.770. The van der Waals surface area contributed by atoms with Gasteiger partial charge in [-0.15, -0.1) is 0 Å². The Morgan fingerprint density at radius 1 is 1.50 bits per heavy atom. The largest absolute Gasteiger partial charge is 0.248 e. The maximum atomic E-state index is 5.64. The minimum Gasteiger partial charge on any atom is -0.248 e. The van der Waals surface area contributed by atoms with Crippen molar-refractivity contribution in [3.05, 3.63) is 29.3 Å². The second kappa shape index (κ2) is 3.41. The summed E-state index contributed by atoms with van der Waals surface area (Å²) >= 11 is 5.64. The Kier molecular flexibility index (Phi) is 2.50. The van der Waals surface area contributed by atoms with Crippen LogP contribution >= 0.6 is 11.6 Å². The van der Waals surface area contributed by atoms with Gasteiger partial charge in [-0.05, 0) is 18.2 Å². The van der Waals surface area contributed by atoms with E-state index in [1.807, 2.05) is 0 Å². The molecule has 0 amide bonds. The molecule has 3 nitrogen and oxygen atoms in total. The zero-order valence-corrected chi connectivity index (χ0v) is 5.93. The first-order valence-electron chi connectivity index (χ1n) is 2.70. The molecule has 0 saturated carbocycles. The van der Waals surface area contributed by atoms with Gasteiger partial charge in [0.15, 0.2) is 0 Å². The van der Waals surface area contributed by atoms with Gasteiger partial charge in [0.05, 0.1) is 5.69 Å². The molecule has 0 heterocycles. The standard InChI is InChI=1S/C6H7ClN2O/c7-5-2-1-3-6(4-5)9-10-8/h1-4,9H,8H2. The lowest BCUT2D eigenvalue weighted by Gasteiger charge is -2.00. The lowest BCUT2D eigenvalue weighted by atomic mass is 10.3. The first-order chi connectivity index (χ1) is 4.83. The predicted molar refractivity (Wildman–Crippen MR) is 40.3 cm³/mol. The number of rotatable bonds is 2. The molecule has 3 N–H and O–H groups in total. The van der Waals surface area contributed by atoms with E-state index in [2.05, 4.69) is 10.4 Å². The summed E-state index contributed by atoms with van der Waals surface area (Å²) in [6.07, 6.45) is 0. The highest BCUT2D eigenvalue weighted by Crippen LogP contribution is 2.13. The summed E-state index contributed by atoms with van der Waals surface area (Å²) in [4.78, 5) is 4.17. The highest BCUT2D eigenvalue weighted by atomic mass is 35.5. The molecular formula is C6H7ClN2O. The third-order valence-corrected chi connectivity index (χ3v) is 1.24. The lowest BCUT2D eigenvalue weighted by Crippen LogP contribution is -2.06. The van der Waals surface area contributed by atoms with Crippen molar-refractivity contribution >= 4 is 17.3 Å². The summed E-state index contributed by atoms with van der Waals surface area (Å²) in [5, 5.41) is 0.641. The van der Waals surface area contributed by atoms with Crippen LogP contribution in [0.3, 0.4) is 0 Å². The minimum atomic E-state index is 0.641. The molecule has 0 aliphatic rings. The van der Waals surface area contributed by atoms with Gasteiger partial charge in [0.25, 0.3) is 0 Å². The molecule has 0 spiro atoms. The quantitative estimate of drug-likeness (QED) is 0.643. The minimum absolute atomic E-state index is 0.641. The fraction of sp³-hybridized carbons (Fsp3) is 0. The van der Waals surface area contributed by atoms with Gasteiger partial charge in [-0.3, -0.25) is 0 Å². The van der Waals surface area contributed by atoms with E-state index in [-0.39, 0.29) is 0 Å². The Morgan fingerprint density at radius 2 is 2.30 bits per heavy atom. The number of halogens is 1. The van der Waals surface area contributed by atoms with Crippen LogP contribution < -0.4 is 11.4 Å². The van der Waals surface area contributed by atoms with Crippen molar-refractivity contribution in [2.24, 2.45) is 5.90 Å². The van der Waals surface area contributed by atoms with E-state index in [1.54, 1.807) is 24.3 Å². The second-order valence-electron chi connectivity index (χ2n) is 1.73. The smallest absolute Gasteiger partial charge is 0.0638 e. The summed E-state index contributed by atoms with van der Waals surface area (Å²) in [6, 6.07) is 7.06. The molecule has 0 saturated heterocycles. The maximum absolute atomic E-state index is 5.64. The van der Waals surface area contributed by atoms with E-state index in [1.165, 1.54) is 0 Å². The van der Waals surface area contributed by atoms with E-state index >= 15 is 0 Å². The van der Waals surface area contributed by atoms with E-state index in [0.29, 0.717) is 5.02 Å². The number of benzene rings is 1. The maximum Gasteiger partial charge on any atom is 0.0638 e. The average Bonchev–Trinajstić information content (AvgIpc) is 1.88. The highest BCUT2D eigenvalue weighted by molar-refractivity contribution is 6.30. The fourth-order valence-corrected chi connectivity index (χ4v) is 0.810. The Morgan fingerprint density at radius 3 is 2.90 bits per heavy atom. The first-order valence-corrected chi connectivity index (χ1v) is 3.08. The first kappa shape index (κ1) is 7.34. The van der Waals surface area contributed by atoms with Gasteiger partial charge in [0.2, 0.25) is 0 Å². The van der Waals surface area contributed by atoms with Gasteiger partial charge < -0.3 is 0 Å². The second-order valence-corrected chi connectivity index (χ2v) is 2.17. The average molecular weight is 159 g/mol. The molecule has 4 heteroatoms. The van der Waals surface area contributed by atoms with Crippen LogP contribution in [0.5, 0.6) is 0 Å². The number of hydrogen-bond acceptors (Lipinski definition) is 3. The molecule has 1 aromatic rings. The summed E-state index contributed by atoms with van der Waals surface area (Å²) in [6.45, 7) is 0. The molecular weight excluding hydrogens is 152 g/mol. The molecule has 0 aliphatic carbocycles. The number of hydrogen-bond donors (Lipinski definition) is 2. The number of anilines is 1. The van der Waals surface area contributed by atoms with Gasteiger partial charge >= 0.3 is 0 Å². The predicted octanol–water partition coefficient (Wildman–Crippen LogP) is 1.56. The highest BCUT2D eigenvalue weighted by Gasteiger charge is 1.89. The van der Waals surface area contributed by atoms with Crippen molar-refractivity contribution in [3.63, 3.8) is 0 Å². The van der Waals surface area contributed by atoms with Crippen molar-refractivity contribution in [1.82, 2.24) is 0 Å². The molecule has 0 fully saturated rings. The topological polar surface area (TPSA) is 47.3 Å². The number of nitrogens with two attached hydrogens (primary N) is 1. The summed E-state index contributed by atoms with van der Waals surface area (Å²) in [5.74, 6) is 4.76. The normalized spacial score (nSPS) is 9.40. The molecule has 0 unspecified atom stereocenters. The molecule has 54 valence electrons. The summed E-state index contributed by atoms with van der Waals surface area (Å²) in [7, 11) is 0. The van der Waals surface area contributed by atoms with Gasteiger partial charge in [0.1, 0.15) is 0 Å². The SMILES string of the molecule is NONc1cccc(Cl)c1. The summed E-state index contributed by atoms with van der Waals surface area (Å²) in [5.41, 5.74) is 3.17. The van der Waals surface area contributed by atoms with Gasteiger partial charge in [0, 0.05) is 5.02 Å². The Bertz CT molecular complexity index is 217. The van der Waals surface area contributed by atoms with E-state index in [9.17, 15) is 0 Å². The van der Waals surface area contributed by atoms with E-state index < -0.39 is 0 Å². The fourth-order valence-electron chi connectivity index (χ4n) is 0.620. The van der Waals surface area contributed by atoms with Crippen molar-refractivity contribution < 1.29 is 4.94 Å². The molecule has 1 aromatic carbocycles. The molecule has 0 aliphatic heterocycles. The van der Waals surface area contributed by atoms with Crippen molar-refractivity contribution in [2.75, 3.05) is 5.48 Å². The van der Waals surface area contributed by atoms with E-state index in [4.69, 9.17) is 17.5 Å². The third-order valence-electron chi connectivity index (χ3n) is 1.00. The van der Waals surface area contributed by atoms with Crippen LogP contribution in [0.25, 0.3) is 0 Å². The van der Waals surface area contributed by atoms with Crippen molar-refractivity contribution in [2.45, 2.75) is 0 Å². The number of nitrogens with one attached hydrogen (secondary N) is 1. The van der Waals surface area contributed by atoms with Crippen LogP contribution in [-0.4, -0.2) is 0 Å². The molecule has 1 rings (SSSR count). The van der Waals surface area contributed by atoms with Gasteiger partial charge in [-0.25, -0.2) is 5.48 Å².